The van der Waals surface area contributed by atoms with Gasteiger partial charge in [-0.2, -0.15) is 0 Å². The fourth-order valence-corrected chi connectivity index (χ4v) is 6.81. The largest absolute Gasteiger partial charge is 0.355 e. The van der Waals surface area contributed by atoms with Gasteiger partial charge in [0, 0.05) is 29.6 Å². The fraction of sp³-hybridized carbons (Fsp3) is 0.235. The predicted octanol–water partition coefficient (Wildman–Crippen LogP) is 6.58. The van der Waals surface area contributed by atoms with Crippen LogP contribution < -0.4 is 9.62 Å². The van der Waals surface area contributed by atoms with Gasteiger partial charge in [-0.15, -0.1) is 0 Å². The average Bonchev–Trinajstić information content (AvgIpc) is 2.99. The zero-order valence-electron chi connectivity index (χ0n) is 24.8. The first-order valence-electron chi connectivity index (χ1n) is 14.2. The molecule has 4 rings (SSSR count). The Labute approximate surface area is 269 Å². The van der Waals surface area contributed by atoms with E-state index < -0.39 is 28.5 Å². The summed E-state index contributed by atoms with van der Waals surface area (Å²) in [6.07, 6.45) is 0.216. The molecule has 0 aliphatic rings. The highest BCUT2D eigenvalue weighted by Crippen LogP contribution is 2.30. The van der Waals surface area contributed by atoms with Gasteiger partial charge in [0.25, 0.3) is 10.0 Å². The van der Waals surface area contributed by atoms with Crippen LogP contribution in [0.3, 0.4) is 0 Å². The molecule has 0 fully saturated rings. The Hall–Kier alpha value is -3.85. The number of hydrogen-bond donors (Lipinski definition) is 1. The number of likely N-dealkylation sites (N-methyl/N-ethyl adjacent to an activating group) is 1. The highest BCUT2D eigenvalue weighted by Gasteiger charge is 2.35. The molecular formula is C34H35Cl2N3O4S. The predicted molar refractivity (Wildman–Crippen MR) is 177 cm³/mol. The van der Waals surface area contributed by atoms with Gasteiger partial charge in [0.05, 0.1) is 10.6 Å². The number of sulfonamides is 1. The van der Waals surface area contributed by atoms with Crippen LogP contribution in [0.25, 0.3) is 0 Å². The maximum Gasteiger partial charge on any atom is 0.264 e. The molecule has 7 nitrogen and oxygen atoms in total. The lowest BCUT2D eigenvalue weighted by Crippen LogP contribution is -2.53. The summed E-state index contributed by atoms with van der Waals surface area (Å²) in [6.45, 7) is 5.19. The van der Waals surface area contributed by atoms with Gasteiger partial charge in [-0.1, -0.05) is 89.4 Å². The van der Waals surface area contributed by atoms with Crippen LogP contribution in [0, 0.1) is 13.8 Å². The van der Waals surface area contributed by atoms with Crippen LogP contribution in [-0.4, -0.2) is 44.3 Å². The van der Waals surface area contributed by atoms with Gasteiger partial charge in [0.15, 0.2) is 0 Å². The summed E-state index contributed by atoms with van der Waals surface area (Å²) < 4.78 is 29.4. The minimum atomic E-state index is -4.21. The Morgan fingerprint density at radius 3 is 2.16 bits per heavy atom. The summed E-state index contributed by atoms with van der Waals surface area (Å²) in [5.74, 6) is -0.922. The van der Waals surface area contributed by atoms with Gasteiger partial charge in [0.1, 0.15) is 12.6 Å². The van der Waals surface area contributed by atoms with E-state index in [1.165, 1.54) is 17.0 Å². The number of halogens is 2. The van der Waals surface area contributed by atoms with Crippen molar-refractivity contribution in [3.05, 3.63) is 129 Å². The maximum atomic E-state index is 14.5. The molecule has 10 heteroatoms. The SMILES string of the molecule is CCNC(=O)C(Cc1ccccc1)N(Cc1ccccc1Cl)C(=O)CN(c1ccc(Cl)cc1C)S(=O)(=O)c1ccc(C)cc1. The van der Waals surface area contributed by atoms with Crippen LogP contribution in [0.1, 0.15) is 29.2 Å². The Balaban J connectivity index is 1.83. The number of benzene rings is 4. The first-order chi connectivity index (χ1) is 21.0. The number of rotatable bonds is 12. The molecule has 0 spiro atoms. The van der Waals surface area contributed by atoms with Crippen LogP contribution in [0.15, 0.2) is 102 Å². The molecule has 0 radical (unpaired) electrons. The van der Waals surface area contributed by atoms with Crippen molar-refractivity contribution in [1.82, 2.24) is 10.2 Å². The summed E-state index contributed by atoms with van der Waals surface area (Å²) >= 11 is 12.7. The number of nitrogens with one attached hydrogen (secondary N) is 1. The molecule has 0 saturated heterocycles. The van der Waals surface area contributed by atoms with Crippen molar-refractivity contribution in [2.75, 3.05) is 17.4 Å². The third kappa shape index (κ3) is 8.00. The fourth-order valence-electron chi connectivity index (χ4n) is 4.91. The van der Waals surface area contributed by atoms with E-state index in [2.05, 4.69) is 5.32 Å². The summed E-state index contributed by atoms with van der Waals surface area (Å²) in [5, 5.41) is 3.71. The lowest BCUT2D eigenvalue weighted by molar-refractivity contribution is -0.140. The van der Waals surface area contributed by atoms with Crippen LogP contribution in [-0.2, 0) is 32.6 Å². The molecule has 0 aromatic heterocycles. The summed E-state index contributed by atoms with van der Waals surface area (Å²) in [6, 6.07) is 26.8. The average molecular weight is 653 g/mol. The number of anilines is 1. The van der Waals surface area contributed by atoms with Gasteiger partial charge >= 0.3 is 0 Å². The van der Waals surface area contributed by atoms with Crippen molar-refractivity contribution in [2.45, 2.75) is 44.7 Å². The van der Waals surface area contributed by atoms with Gasteiger partial charge in [-0.3, -0.25) is 13.9 Å². The second-order valence-electron chi connectivity index (χ2n) is 10.5. The lowest BCUT2D eigenvalue weighted by atomic mass is 10.0. The van der Waals surface area contributed by atoms with E-state index in [1.807, 2.05) is 37.3 Å². The van der Waals surface area contributed by atoms with Crippen LogP contribution >= 0.6 is 23.2 Å². The number of carbonyl (C=O) groups is 2. The Bertz CT molecular complexity index is 1710. The molecule has 4 aromatic carbocycles. The summed E-state index contributed by atoms with van der Waals surface area (Å²) in [4.78, 5) is 29.5. The third-order valence-electron chi connectivity index (χ3n) is 7.24. The molecule has 44 heavy (non-hydrogen) atoms. The van der Waals surface area contributed by atoms with E-state index in [4.69, 9.17) is 23.2 Å². The number of amides is 2. The molecule has 0 saturated carbocycles. The zero-order valence-corrected chi connectivity index (χ0v) is 27.2. The van der Waals surface area contributed by atoms with E-state index in [0.29, 0.717) is 33.4 Å². The number of carbonyl (C=O) groups excluding carboxylic acids is 2. The quantitative estimate of drug-likeness (QED) is 0.187. The summed E-state index contributed by atoms with van der Waals surface area (Å²) in [7, 11) is -4.21. The molecule has 0 aliphatic heterocycles. The molecule has 1 unspecified atom stereocenters. The van der Waals surface area contributed by atoms with Crippen molar-refractivity contribution in [3.63, 3.8) is 0 Å². The Morgan fingerprint density at radius 1 is 0.864 bits per heavy atom. The van der Waals surface area contributed by atoms with E-state index in [9.17, 15) is 18.0 Å². The highest BCUT2D eigenvalue weighted by atomic mass is 35.5. The van der Waals surface area contributed by atoms with E-state index in [1.54, 1.807) is 68.4 Å². The topological polar surface area (TPSA) is 86.8 Å². The minimum Gasteiger partial charge on any atom is -0.355 e. The van der Waals surface area contributed by atoms with Crippen molar-refractivity contribution in [1.29, 1.82) is 0 Å². The van der Waals surface area contributed by atoms with E-state index >= 15 is 0 Å². The van der Waals surface area contributed by atoms with E-state index in [-0.39, 0.29) is 23.8 Å². The van der Waals surface area contributed by atoms with Crippen LogP contribution in [0.4, 0.5) is 5.69 Å². The number of hydrogen-bond acceptors (Lipinski definition) is 4. The molecular weight excluding hydrogens is 617 g/mol. The smallest absolute Gasteiger partial charge is 0.264 e. The molecule has 1 N–H and O–H groups in total. The maximum absolute atomic E-state index is 14.5. The van der Waals surface area contributed by atoms with Gasteiger partial charge in [-0.25, -0.2) is 8.42 Å². The summed E-state index contributed by atoms with van der Waals surface area (Å²) in [5.41, 5.74) is 3.24. The second kappa shape index (κ2) is 14.8. The van der Waals surface area contributed by atoms with Crippen LogP contribution in [0.2, 0.25) is 10.0 Å². The Kier molecular flexibility index (Phi) is 11.1. The first kappa shape index (κ1) is 33.1. The van der Waals surface area contributed by atoms with Crippen molar-refractivity contribution in [2.24, 2.45) is 0 Å². The van der Waals surface area contributed by atoms with Gasteiger partial charge in [0.2, 0.25) is 11.8 Å². The van der Waals surface area contributed by atoms with Gasteiger partial charge < -0.3 is 10.2 Å². The third-order valence-corrected chi connectivity index (χ3v) is 9.61. The minimum absolute atomic E-state index is 0.00877. The van der Waals surface area contributed by atoms with E-state index in [0.717, 1.165) is 15.4 Å². The normalized spacial score (nSPS) is 11.9. The molecule has 0 aliphatic carbocycles. The molecule has 1 atom stereocenters. The number of nitrogens with zero attached hydrogens (tertiary/aromatic N) is 2. The lowest BCUT2D eigenvalue weighted by Gasteiger charge is -2.34. The molecule has 2 amide bonds. The number of aryl methyl sites for hydroxylation is 2. The highest BCUT2D eigenvalue weighted by molar-refractivity contribution is 7.92. The molecule has 4 aromatic rings. The second-order valence-corrected chi connectivity index (χ2v) is 13.2. The van der Waals surface area contributed by atoms with Gasteiger partial charge in [-0.05, 0) is 73.9 Å². The van der Waals surface area contributed by atoms with Crippen molar-refractivity contribution >= 4 is 50.7 Å². The molecule has 0 bridgehead atoms. The first-order valence-corrected chi connectivity index (χ1v) is 16.4. The van der Waals surface area contributed by atoms with Crippen molar-refractivity contribution in [3.8, 4) is 0 Å². The molecule has 0 heterocycles. The van der Waals surface area contributed by atoms with Crippen molar-refractivity contribution < 1.29 is 18.0 Å². The monoisotopic (exact) mass is 651 g/mol. The zero-order chi connectivity index (χ0) is 31.9. The molecule has 230 valence electrons. The van der Waals surface area contributed by atoms with Crippen LogP contribution in [0.5, 0.6) is 0 Å². The standard InChI is InChI=1S/C34H35Cl2N3O4S/c1-4-37-34(41)32(21-26-10-6-5-7-11-26)38(22-27-12-8-9-13-30(27)36)33(40)23-39(31-19-16-28(35)20-25(31)3)44(42,43)29-17-14-24(2)15-18-29/h5-20,32H,4,21-23H2,1-3H3,(H,37,41). The Morgan fingerprint density at radius 2 is 1.52 bits per heavy atom.